The standard InChI is InChI=1S/C27H36O13S.C25H32O11S.C18H26O10S/c1-6-17-20(35-4)11-16(12-21(17)36-5)39-41(33,34)40-22-10-15(18(29)9-14(2)3)7-8-19(22)37-27-26(32)25(31)24(30)23(13-28)38-27;1-4-15-5-8-17(9-6-15)35-37(31,32)36-20-12-16(18(27)11-14(2)3)7-10-19(20)33-25-24(30)23(29)22(28)21(13-26)34-25;1-9(2)6-11(20)10-4-5-12(13(7-10)28-29(3,24)25)26-18-17(23)16(22)15(21)14(8-19)27-18/h7-8,10-12,14,23-28,30-32H,6,9,13H2,1-5H3;5-10,12,14,21-26,28-30H,4,11,13H2,1-3H3;4-5,7,9,14-19,21-23H,6,8H2,1-3H3/t23-,24+,25+,26-,27?;21-,22+,23+,24-,25-;14-,15+,16+,17-,18-/m111/s1. The van der Waals surface area contributed by atoms with Crippen LogP contribution in [0.15, 0.2) is 91.0 Å². The van der Waals surface area contributed by atoms with Crippen molar-refractivity contribution in [1.82, 2.24) is 0 Å². The van der Waals surface area contributed by atoms with Crippen LogP contribution < -0.4 is 44.6 Å². The molecule has 34 nitrogen and oxygen atoms in total. The summed E-state index contributed by atoms with van der Waals surface area (Å²) in [7, 11) is -10.7. The van der Waals surface area contributed by atoms with Gasteiger partial charge in [0.1, 0.15) is 90.5 Å². The highest BCUT2D eigenvalue weighted by atomic mass is 32.3. The molecule has 107 heavy (non-hydrogen) atoms. The molecule has 3 fully saturated rings. The summed E-state index contributed by atoms with van der Waals surface area (Å²) >= 11 is 0. The maximum atomic E-state index is 13.0. The summed E-state index contributed by atoms with van der Waals surface area (Å²) < 4.78 is 143. The van der Waals surface area contributed by atoms with Crippen molar-refractivity contribution >= 4 is 48.3 Å². The van der Waals surface area contributed by atoms with Gasteiger partial charge in [-0.25, -0.2) is 0 Å². The van der Waals surface area contributed by atoms with Gasteiger partial charge in [0.2, 0.25) is 18.9 Å². The molecule has 3 saturated heterocycles. The molecule has 0 spiro atoms. The first-order valence-electron chi connectivity index (χ1n) is 33.6. The second-order valence-electron chi connectivity index (χ2n) is 26.1. The largest absolute Gasteiger partial charge is 0.501 e. The van der Waals surface area contributed by atoms with Gasteiger partial charge in [-0.15, -0.1) is 16.8 Å². The van der Waals surface area contributed by atoms with E-state index in [4.69, 9.17) is 58.8 Å². The summed E-state index contributed by atoms with van der Waals surface area (Å²) in [4.78, 5) is 37.6. The Morgan fingerprint density at radius 2 is 0.692 bits per heavy atom. The number of aryl methyl sites for hydroxylation is 1. The van der Waals surface area contributed by atoms with Gasteiger partial charge in [-0.3, -0.25) is 14.4 Å². The van der Waals surface area contributed by atoms with Crippen LogP contribution in [0.3, 0.4) is 0 Å². The molecule has 0 aromatic heterocycles. The van der Waals surface area contributed by atoms with Crippen LogP contribution in [0.4, 0.5) is 0 Å². The van der Waals surface area contributed by atoms with Crippen LogP contribution in [0.5, 0.6) is 57.5 Å². The Kier molecular flexibility index (Phi) is 32.3. The van der Waals surface area contributed by atoms with E-state index in [2.05, 4.69) is 0 Å². The normalized spacial score (nSPS) is 24.5. The lowest BCUT2D eigenvalue weighted by Crippen LogP contribution is -2.60. The van der Waals surface area contributed by atoms with Gasteiger partial charge in [0, 0.05) is 53.6 Å². The van der Waals surface area contributed by atoms with Crippen LogP contribution in [0, 0.1) is 17.8 Å². The number of ketones is 3. The van der Waals surface area contributed by atoms with E-state index >= 15 is 0 Å². The van der Waals surface area contributed by atoms with Crippen molar-refractivity contribution < 1.29 is 160 Å². The van der Waals surface area contributed by atoms with Crippen LogP contribution in [0.2, 0.25) is 0 Å². The van der Waals surface area contributed by atoms with E-state index < -0.39 is 154 Å². The quantitative estimate of drug-likeness (QED) is 0.0217. The topological polar surface area (TPSA) is 516 Å². The molecule has 1 unspecified atom stereocenters. The van der Waals surface area contributed by atoms with Gasteiger partial charge in [-0.05, 0) is 103 Å². The predicted molar refractivity (Wildman–Crippen MR) is 374 cm³/mol. The molecule has 3 aliphatic rings. The first-order chi connectivity index (χ1) is 50.2. The van der Waals surface area contributed by atoms with E-state index in [1.165, 1.54) is 80.9 Å². The molecular formula is C70H94O34S3. The number of hydrogen-bond acceptors (Lipinski definition) is 34. The van der Waals surface area contributed by atoms with E-state index in [9.17, 15) is 101 Å². The van der Waals surface area contributed by atoms with Gasteiger partial charge in [0.05, 0.1) is 40.3 Å². The number of carbonyl (C=O) groups excluding carboxylic acids is 3. The molecule has 0 aliphatic carbocycles. The second-order valence-corrected chi connectivity index (χ2v) is 30.0. The van der Waals surface area contributed by atoms with Gasteiger partial charge >= 0.3 is 30.9 Å². The Morgan fingerprint density at radius 1 is 0.383 bits per heavy atom. The Hall–Kier alpha value is -7.64. The highest BCUT2D eigenvalue weighted by molar-refractivity contribution is 7.86. The molecule has 15 atom stereocenters. The number of carbonyl (C=O) groups is 3. The van der Waals surface area contributed by atoms with Gasteiger partial charge in [-0.2, -0.15) is 8.42 Å². The van der Waals surface area contributed by atoms with Gasteiger partial charge in [-0.1, -0.05) is 67.5 Å². The van der Waals surface area contributed by atoms with Crippen molar-refractivity contribution in [2.75, 3.05) is 40.3 Å². The zero-order chi connectivity index (χ0) is 79.7. The molecule has 12 N–H and O–H groups in total. The second kappa shape index (κ2) is 39.1. The molecule has 3 aliphatic heterocycles. The number of Topliss-reactive ketones (excluding diaryl/α,β-unsaturated/α-hetero) is 3. The summed E-state index contributed by atoms with van der Waals surface area (Å²) in [6.07, 6.45) is -21.0. The van der Waals surface area contributed by atoms with Crippen molar-refractivity contribution in [2.24, 2.45) is 17.8 Å². The average Bonchev–Trinajstić information content (AvgIpc) is 0.800. The fourth-order valence-electron chi connectivity index (χ4n) is 10.7. The Balaban J connectivity index is 0.000000255. The monoisotopic (exact) mass is 1570 g/mol. The van der Waals surface area contributed by atoms with E-state index in [0.717, 1.165) is 30.4 Å². The summed E-state index contributed by atoms with van der Waals surface area (Å²) in [5.41, 5.74) is 2.12. The number of hydrogen-bond donors (Lipinski definition) is 12. The minimum atomic E-state index is -4.87. The number of aliphatic hydroxyl groups excluding tert-OH is 12. The lowest BCUT2D eigenvalue weighted by atomic mass is 9.99. The first-order valence-corrected chi connectivity index (χ1v) is 38.1. The third kappa shape index (κ3) is 24.7. The van der Waals surface area contributed by atoms with Crippen molar-refractivity contribution in [3.05, 3.63) is 119 Å². The lowest BCUT2D eigenvalue weighted by molar-refractivity contribution is -0.277. The smallest absolute Gasteiger partial charge is 0.496 e. The Morgan fingerprint density at radius 3 is 0.963 bits per heavy atom. The maximum Gasteiger partial charge on any atom is 0.501 e. The summed E-state index contributed by atoms with van der Waals surface area (Å²) in [5, 5.41) is 119. The molecule has 0 bridgehead atoms. The van der Waals surface area contributed by atoms with Gasteiger partial charge < -0.3 is 120 Å². The number of rotatable bonds is 32. The van der Waals surface area contributed by atoms with Crippen molar-refractivity contribution in [3.63, 3.8) is 0 Å². The third-order valence-electron chi connectivity index (χ3n) is 16.1. The fraction of sp³-hybridized carbons (Fsp3) is 0.529. The molecule has 0 radical (unpaired) electrons. The van der Waals surface area contributed by atoms with E-state index in [-0.39, 0.29) is 106 Å². The van der Waals surface area contributed by atoms with Crippen LogP contribution in [0.1, 0.15) is 117 Å². The third-order valence-corrected chi connectivity index (χ3v) is 18.2. The molecule has 596 valence electrons. The maximum absolute atomic E-state index is 13.0. The number of aliphatic hydroxyl groups is 12. The van der Waals surface area contributed by atoms with E-state index in [1.807, 2.05) is 55.4 Å². The molecular weight excluding hydrogens is 1480 g/mol. The molecule has 3 heterocycles. The Bertz CT molecular complexity index is 4090. The van der Waals surface area contributed by atoms with Gasteiger partial charge in [0.15, 0.2) is 57.6 Å². The summed E-state index contributed by atoms with van der Waals surface area (Å²) in [5.74, 6) is -2.16. The first kappa shape index (κ1) is 88.3. The Labute approximate surface area is 619 Å². The SMILES string of the molecule is CC(C)CC(=O)c1ccc(O[C@@H]2O[C@H](CO)[C@H](O)[C@H](O)[C@H]2O)c(OS(C)(=O)=O)c1.CCc1c(OC)cc(OS(=O)(=O)Oc2cc(C(=O)CC(C)C)ccc2OC2O[C@H](CO)[C@H](O)[C@H](O)[C@H]2O)cc1OC.CCc1ccc(OS(=O)(=O)Oc2cc(C(=O)CC(C)C)ccc2O[C@@H]2O[C@H](CO)[C@H](O)[C@H](O)[C@H]2O)cc1. The summed E-state index contributed by atoms with van der Waals surface area (Å²) in [6.45, 7) is 12.9. The summed E-state index contributed by atoms with van der Waals surface area (Å²) in [6, 6.07) is 20.4. The van der Waals surface area contributed by atoms with E-state index in [1.54, 1.807) is 12.1 Å². The molecule has 0 amide bonds. The molecule has 0 saturated carbocycles. The van der Waals surface area contributed by atoms with Crippen molar-refractivity contribution in [2.45, 2.75) is 180 Å². The zero-order valence-corrected chi connectivity index (χ0v) is 62.7. The fourth-order valence-corrected chi connectivity index (χ4v) is 12.6. The zero-order valence-electron chi connectivity index (χ0n) is 60.3. The molecule has 37 heteroatoms. The number of benzene rings is 5. The highest BCUT2D eigenvalue weighted by Crippen LogP contribution is 2.40. The van der Waals surface area contributed by atoms with Gasteiger partial charge in [0.25, 0.3) is 0 Å². The molecule has 8 rings (SSSR count). The lowest BCUT2D eigenvalue weighted by Gasteiger charge is -2.39. The molecule has 5 aromatic rings. The average molecular weight is 1580 g/mol. The molecule has 5 aromatic carbocycles. The van der Waals surface area contributed by atoms with Crippen LogP contribution >= 0.6 is 0 Å². The minimum absolute atomic E-state index is 0.000593. The van der Waals surface area contributed by atoms with E-state index in [0.29, 0.717) is 23.5 Å². The van der Waals surface area contributed by atoms with Crippen LogP contribution in [-0.2, 0) is 58.0 Å². The number of ether oxygens (including phenoxy) is 8. The minimum Gasteiger partial charge on any atom is -0.496 e. The predicted octanol–water partition coefficient (Wildman–Crippen LogP) is 2.17. The van der Waals surface area contributed by atoms with Crippen LogP contribution in [0.25, 0.3) is 0 Å². The van der Waals surface area contributed by atoms with Crippen molar-refractivity contribution in [3.8, 4) is 57.5 Å². The highest BCUT2D eigenvalue weighted by Gasteiger charge is 2.48. The number of methoxy groups -OCH3 is 2. The van der Waals surface area contributed by atoms with Crippen LogP contribution in [-0.4, -0.2) is 236 Å². The van der Waals surface area contributed by atoms with Crippen molar-refractivity contribution in [1.29, 1.82) is 0 Å².